The second-order valence-corrected chi connectivity index (χ2v) is 6.15. The van der Waals surface area contributed by atoms with E-state index in [9.17, 15) is 4.79 Å². The molecule has 6 nitrogen and oxygen atoms in total. The van der Waals surface area contributed by atoms with Crippen LogP contribution in [0.3, 0.4) is 0 Å². The van der Waals surface area contributed by atoms with Gasteiger partial charge in [0, 0.05) is 18.3 Å². The van der Waals surface area contributed by atoms with Crippen LogP contribution in [0, 0.1) is 13.8 Å². The number of aryl methyl sites for hydroxylation is 2. The highest BCUT2D eigenvalue weighted by Gasteiger charge is 2.11. The topological polar surface area (TPSA) is 76.1 Å². The average molecular weight is 362 g/mol. The number of hydrogen-bond donors (Lipinski definition) is 2. The monoisotopic (exact) mass is 362 g/mol. The van der Waals surface area contributed by atoms with Crippen LogP contribution in [0.5, 0.6) is 5.75 Å². The Morgan fingerprint density at radius 2 is 1.78 bits per heavy atom. The van der Waals surface area contributed by atoms with Crippen LogP contribution < -0.4 is 15.4 Å². The lowest BCUT2D eigenvalue weighted by Crippen LogP contribution is -2.16. The summed E-state index contributed by atoms with van der Waals surface area (Å²) in [5.74, 6) is 1.59. The number of ether oxygens (including phenoxy) is 1. The van der Waals surface area contributed by atoms with Crippen molar-refractivity contribution in [2.75, 3.05) is 17.7 Å². The van der Waals surface area contributed by atoms with Crippen LogP contribution in [0.4, 0.5) is 11.5 Å². The fourth-order valence-electron chi connectivity index (χ4n) is 2.64. The van der Waals surface area contributed by atoms with E-state index >= 15 is 0 Å². The van der Waals surface area contributed by atoms with Crippen LogP contribution in [0.15, 0.2) is 54.6 Å². The normalized spacial score (nSPS) is 10.3. The summed E-state index contributed by atoms with van der Waals surface area (Å²) < 4.78 is 5.12. The molecule has 3 rings (SSSR count). The molecule has 2 aromatic carbocycles. The Labute approximate surface area is 158 Å². The molecule has 2 N–H and O–H groups in total. The van der Waals surface area contributed by atoms with Crippen molar-refractivity contribution >= 4 is 17.4 Å². The summed E-state index contributed by atoms with van der Waals surface area (Å²) in [7, 11) is 1.60. The van der Waals surface area contributed by atoms with Gasteiger partial charge in [-0.1, -0.05) is 24.3 Å². The van der Waals surface area contributed by atoms with Gasteiger partial charge in [0.25, 0.3) is 5.91 Å². The molecule has 1 aromatic heterocycles. The van der Waals surface area contributed by atoms with Crippen molar-refractivity contribution in [3.63, 3.8) is 0 Å². The van der Waals surface area contributed by atoms with Gasteiger partial charge in [-0.25, -0.2) is 9.97 Å². The Bertz CT molecular complexity index is 939. The van der Waals surface area contributed by atoms with Gasteiger partial charge in [-0.15, -0.1) is 0 Å². The lowest BCUT2D eigenvalue weighted by molar-refractivity contribution is 0.102. The highest BCUT2D eigenvalue weighted by molar-refractivity contribution is 6.03. The van der Waals surface area contributed by atoms with Crippen LogP contribution in [-0.2, 0) is 6.54 Å². The van der Waals surface area contributed by atoms with Gasteiger partial charge in [0.1, 0.15) is 23.1 Å². The third kappa shape index (κ3) is 4.82. The van der Waals surface area contributed by atoms with E-state index < -0.39 is 0 Å². The highest BCUT2D eigenvalue weighted by Crippen LogP contribution is 2.17. The third-order valence-electron chi connectivity index (χ3n) is 4.14. The number of amides is 1. The number of nitrogens with one attached hydrogen (secondary N) is 2. The lowest BCUT2D eigenvalue weighted by atomic mass is 10.1. The van der Waals surface area contributed by atoms with Crippen molar-refractivity contribution in [2.45, 2.75) is 20.4 Å². The Balaban J connectivity index is 1.71. The molecule has 0 unspecified atom stereocenters. The van der Waals surface area contributed by atoms with E-state index in [0.29, 0.717) is 29.6 Å². The van der Waals surface area contributed by atoms with Crippen molar-refractivity contribution in [2.24, 2.45) is 0 Å². The average Bonchev–Trinajstić information content (AvgIpc) is 2.67. The Morgan fingerprint density at radius 3 is 2.48 bits per heavy atom. The van der Waals surface area contributed by atoms with Gasteiger partial charge in [-0.05, 0) is 49.2 Å². The molecule has 0 aliphatic rings. The molecule has 1 heterocycles. The number of rotatable bonds is 6. The molecule has 0 atom stereocenters. The first-order valence-corrected chi connectivity index (χ1v) is 8.64. The Morgan fingerprint density at radius 1 is 1.04 bits per heavy atom. The van der Waals surface area contributed by atoms with Gasteiger partial charge in [-0.3, -0.25) is 4.79 Å². The molecule has 6 heteroatoms. The van der Waals surface area contributed by atoms with Gasteiger partial charge in [0.2, 0.25) is 0 Å². The minimum absolute atomic E-state index is 0.287. The molecule has 0 saturated heterocycles. The third-order valence-corrected chi connectivity index (χ3v) is 4.14. The van der Waals surface area contributed by atoms with Crippen molar-refractivity contribution in [3.05, 3.63) is 77.2 Å². The first-order valence-electron chi connectivity index (χ1n) is 8.64. The predicted octanol–water partition coefficient (Wildman–Crippen LogP) is 3.97. The molecule has 138 valence electrons. The number of aromatic nitrogens is 2. The van der Waals surface area contributed by atoms with E-state index in [0.717, 1.165) is 5.75 Å². The minimum Gasteiger partial charge on any atom is -0.497 e. The van der Waals surface area contributed by atoms with E-state index in [1.54, 1.807) is 44.4 Å². The molecule has 0 aliphatic carbocycles. The molecule has 1 amide bonds. The summed E-state index contributed by atoms with van der Waals surface area (Å²) in [5, 5.41) is 6.10. The summed E-state index contributed by atoms with van der Waals surface area (Å²) in [5.41, 5.74) is 3.36. The first-order chi connectivity index (χ1) is 13.0. The van der Waals surface area contributed by atoms with Crippen LogP contribution in [0.1, 0.15) is 27.4 Å². The molecule has 27 heavy (non-hydrogen) atoms. The summed E-state index contributed by atoms with van der Waals surface area (Å²) in [4.78, 5) is 21.2. The van der Waals surface area contributed by atoms with Gasteiger partial charge in [0.15, 0.2) is 0 Å². The summed E-state index contributed by atoms with van der Waals surface area (Å²) >= 11 is 0. The zero-order valence-electron chi connectivity index (χ0n) is 15.6. The standard InChI is InChI=1S/C21H22N4O2/c1-14-6-4-5-7-16(14)13-22-20-12-19(23-15(2)24-20)21(26)25-17-8-10-18(27-3)11-9-17/h4-12H,13H2,1-3H3,(H,25,26)(H,22,23,24). The number of hydrogen-bond acceptors (Lipinski definition) is 5. The van der Waals surface area contributed by atoms with Crippen LogP contribution in [0.2, 0.25) is 0 Å². The molecule has 3 aromatic rings. The van der Waals surface area contributed by atoms with Gasteiger partial charge in [0.05, 0.1) is 7.11 Å². The van der Waals surface area contributed by atoms with Crippen molar-refractivity contribution in [1.29, 1.82) is 0 Å². The molecule has 0 bridgehead atoms. The molecule has 0 radical (unpaired) electrons. The molecule has 0 saturated carbocycles. The van der Waals surface area contributed by atoms with E-state index in [1.165, 1.54) is 11.1 Å². The largest absolute Gasteiger partial charge is 0.497 e. The van der Waals surface area contributed by atoms with Gasteiger partial charge >= 0.3 is 0 Å². The zero-order valence-corrected chi connectivity index (χ0v) is 15.6. The van der Waals surface area contributed by atoms with E-state index in [4.69, 9.17) is 4.74 Å². The lowest BCUT2D eigenvalue weighted by Gasteiger charge is -2.11. The zero-order chi connectivity index (χ0) is 19.2. The van der Waals surface area contributed by atoms with E-state index in [2.05, 4.69) is 39.7 Å². The van der Waals surface area contributed by atoms with E-state index in [1.807, 2.05) is 12.1 Å². The number of carbonyl (C=O) groups is 1. The summed E-state index contributed by atoms with van der Waals surface area (Å²) in [6.45, 7) is 4.46. The predicted molar refractivity (Wildman–Crippen MR) is 106 cm³/mol. The number of benzene rings is 2. The maximum absolute atomic E-state index is 12.5. The smallest absolute Gasteiger partial charge is 0.274 e. The minimum atomic E-state index is -0.287. The number of methoxy groups -OCH3 is 1. The number of anilines is 2. The molecular formula is C21H22N4O2. The highest BCUT2D eigenvalue weighted by atomic mass is 16.5. The fourth-order valence-corrected chi connectivity index (χ4v) is 2.64. The SMILES string of the molecule is COc1ccc(NC(=O)c2cc(NCc3ccccc3C)nc(C)n2)cc1. The fraction of sp³-hybridized carbons (Fsp3) is 0.190. The molecule has 0 spiro atoms. The van der Waals surface area contributed by atoms with Crippen LogP contribution in [-0.4, -0.2) is 23.0 Å². The maximum Gasteiger partial charge on any atom is 0.274 e. The Hall–Kier alpha value is -3.41. The second-order valence-electron chi connectivity index (χ2n) is 6.15. The van der Waals surface area contributed by atoms with Gasteiger partial charge in [-0.2, -0.15) is 0 Å². The molecule has 0 fully saturated rings. The molecule has 0 aliphatic heterocycles. The second kappa shape index (κ2) is 8.31. The Kier molecular flexibility index (Phi) is 5.66. The van der Waals surface area contributed by atoms with Crippen molar-refractivity contribution in [1.82, 2.24) is 9.97 Å². The number of carbonyl (C=O) groups excluding carboxylic acids is 1. The summed E-state index contributed by atoms with van der Waals surface area (Å²) in [6.07, 6.45) is 0. The first kappa shape index (κ1) is 18.4. The van der Waals surface area contributed by atoms with Gasteiger partial charge < -0.3 is 15.4 Å². The van der Waals surface area contributed by atoms with Crippen LogP contribution >= 0.6 is 0 Å². The summed E-state index contributed by atoms with van der Waals surface area (Å²) in [6, 6.07) is 16.9. The van der Waals surface area contributed by atoms with Crippen LogP contribution in [0.25, 0.3) is 0 Å². The maximum atomic E-state index is 12.5. The molecular weight excluding hydrogens is 340 g/mol. The van der Waals surface area contributed by atoms with Crippen molar-refractivity contribution in [3.8, 4) is 5.75 Å². The van der Waals surface area contributed by atoms with E-state index in [-0.39, 0.29) is 5.91 Å². The van der Waals surface area contributed by atoms with Crippen molar-refractivity contribution < 1.29 is 9.53 Å². The quantitative estimate of drug-likeness (QED) is 0.694. The number of nitrogens with zero attached hydrogens (tertiary/aromatic N) is 2.